The SMILES string of the molecule is CC(C)(C)OCCC1(CO)CCCCC1. The van der Waals surface area contributed by atoms with Crippen molar-refractivity contribution >= 4 is 0 Å². The van der Waals surface area contributed by atoms with E-state index in [0.29, 0.717) is 6.61 Å². The molecule has 1 saturated carbocycles. The monoisotopic (exact) mass is 214 g/mol. The van der Waals surface area contributed by atoms with Gasteiger partial charge in [-0.25, -0.2) is 0 Å². The maximum atomic E-state index is 9.52. The van der Waals surface area contributed by atoms with Gasteiger partial charge in [-0.15, -0.1) is 0 Å². The lowest BCUT2D eigenvalue weighted by Gasteiger charge is -2.36. The highest BCUT2D eigenvalue weighted by Crippen LogP contribution is 2.38. The first-order valence-corrected chi connectivity index (χ1v) is 6.22. The molecule has 90 valence electrons. The van der Waals surface area contributed by atoms with Crippen molar-refractivity contribution in [2.24, 2.45) is 5.41 Å². The molecule has 0 aromatic carbocycles. The third-order valence-electron chi connectivity index (χ3n) is 3.42. The molecular weight excluding hydrogens is 188 g/mol. The van der Waals surface area contributed by atoms with E-state index in [1.165, 1.54) is 32.1 Å². The lowest BCUT2D eigenvalue weighted by atomic mass is 9.72. The first-order chi connectivity index (χ1) is 6.97. The van der Waals surface area contributed by atoms with Crippen molar-refractivity contribution in [3.8, 4) is 0 Å². The second kappa shape index (κ2) is 5.31. The average molecular weight is 214 g/mol. The molecule has 0 atom stereocenters. The van der Waals surface area contributed by atoms with E-state index in [0.717, 1.165) is 13.0 Å². The van der Waals surface area contributed by atoms with Gasteiger partial charge in [-0.3, -0.25) is 0 Å². The van der Waals surface area contributed by atoms with Crippen LogP contribution in [0.25, 0.3) is 0 Å². The summed E-state index contributed by atoms with van der Waals surface area (Å²) in [5.41, 5.74) is 0.120. The van der Waals surface area contributed by atoms with Gasteiger partial charge in [0, 0.05) is 13.2 Å². The molecule has 1 N–H and O–H groups in total. The van der Waals surface area contributed by atoms with Crippen molar-refractivity contribution in [3.63, 3.8) is 0 Å². The van der Waals surface area contributed by atoms with Gasteiger partial charge in [-0.1, -0.05) is 19.3 Å². The summed E-state index contributed by atoms with van der Waals surface area (Å²) >= 11 is 0. The van der Waals surface area contributed by atoms with E-state index in [-0.39, 0.29) is 11.0 Å². The van der Waals surface area contributed by atoms with Crippen molar-refractivity contribution in [1.29, 1.82) is 0 Å². The summed E-state index contributed by atoms with van der Waals surface area (Å²) in [6.07, 6.45) is 7.25. The molecule has 0 heterocycles. The Hall–Kier alpha value is -0.0800. The smallest absolute Gasteiger partial charge is 0.0598 e. The van der Waals surface area contributed by atoms with Gasteiger partial charge < -0.3 is 9.84 Å². The molecule has 0 bridgehead atoms. The minimum atomic E-state index is -0.0503. The van der Waals surface area contributed by atoms with Gasteiger partial charge in [-0.05, 0) is 45.4 Å². The number of ether oxygens (including phenoxy) is 1. The van der Waals surface area contributed by atoms with Crippen LogP contribution in [0.1, 0.15) is 59.3 Å². The van der Waals surface area contributed by atoms with Gasteiger partial charge >= 0.3 is 0 Å². The molecule has 2 nitrogen and oxygen atoms in total. The minimum Gasteiger partial charge on any atom is -0.396 e. The molecule has 0 spiro atoms. The van der Waals surface area contributed by atoms with E-state index in [9.17, 15) is 5.11 Å². The lowest BCUT2D eigenvalue weighted by molar-refractivity contribution is -0.0342. The molecule has 0 unspecified atom stereocenters. The van der Waals surface area contributed by atoms with E-state index < -0.39 is 0 Å². The normalized spacial score (nSPS) is 21.6. The van der Waals surface area contributed by atoms with Crippen molar-refractivity contribution in [3.05, 3.63) is 0 Å². The summed E-state index contributed by atoms with van der Waals surface area (Å²) in [6, 6.07) is 0. The topological polar surface area (TPSA) is 29.5 Å². The predicted molar refractivity (Wildman–Crippen MR) is 62.9 cm³/mol. The van der Waals surface area contributed by atoms with Gasteiger partial charge in [0.25, 0.3) is 0 Å². The zero-order chi connectivity index (χ0) is 11.4. The Balaban J connectivity index is 2.33. The summed E-state index contributed by atoms with van der Waals surface area (Å²) in [4.78, 5) is 0. The number of hydrogen-bond acceptors (Lipinski definition) is 2. The van der Waals surface area contributed by atoms with Crippen LogP contribution in [0.5, 0.6) is 0 Å². The molecule has 0 aliphatic heterocycles. The Morgan fingerprint density at radius 3 is 2.20 bits per heavy atom. The quantitative estimate of drug-likeness (QED) is 0.779. The lowest BCUT2D eigenvalue weighted by Crippen LogP contribution is -2.31. The third-order valence-corrected chi connectivity index (χ3v) is 3.42. The van der Waals surface area contributed by atoms with Crippen LogP contribution in [0, 0.1) is 5.41 Å². The van der Waals surface area contributed by atoms with Gasteiger partial charge in [0.1, 0.15) is 0 Å². The average Bonchev–Trinajstić information content (AvgIpc) is 2.17. The van der Waals surface area contributed by atoms with Crippen molar-refractivity contribution in [2.75, 3.05) is 13.2 Å². The van der Waals surface area contributed by atoms with E-state index in [1.807, 2.05) is 0 Å². The number of aliphatic hydroxyl groups is 1. The molecule has 0 saturated heterocycles. The Labute approximate surface area is 94.0 Å². The number of rotatable bonds is 4. The molecule has 2 heteroatoms. The fraction of sp³-hybridized carbons (Fsp3) is 1.00. The maximum absolute atomic E-state index is 9.52. The predicted octanol–water partition coefficient (Wildman–Crippen LogP) is 3.13. The molecule has 0 radical (unpaired) electrons. The van der Waals surface area contributed by atoms with Crippen LogP contribution in [0.3, 0.4) is 0 Å². The maximum Gasteiger partial charge on any atom is 0.0598 e. The molecule has 15 heavy (non-hydrogen) atoms. The largest absolute Gasteiger partial charge is 0.396 e. The van der Waals surface area contributed by atoms with E-state index in [1.54, 1.807) is 0 Å². The fourth-order valence-corrected chi connectivity index (χ4v) is 2.36. The molecule has 1 aliphatic rings. The first kappa shape index (κ1) is 13.0. The van der Waals surface area contributed by atoms with Gasteiger partial charge in [0.2, 0.25) is 0 Å². The molecule has 1 rings (SSSR count). The van der Waals surface area contributed by atoms with Crippen molar-refractivity contribution < 1.29 is 9.84 Å². The number of hydrogen-bond donors (Lipinski definition) is 1. The zero-order valence-corrected chi connectivity index (χ0v) is 10.5. The Kier molecular flexibility index (Phi) is 4.60. The van der Waals surface area contributed by atoms with Gasteiger partial charge in [-0.2, -0.15) is 0 Å². The second-order valence-electron chi connectivity index (χ2n) is 5.93. The second-order valence-corrected chi connectivity index (χ2v) is 5.93. The van der Waals surface area contributed by atoms with E-state index >= 15 is 0 Å². The number of aliphatic hydroxyl groups excluding tert-OH is 1. The third kappa shape index (κ3) is 4.52. The summed E-state index contributed by atoms with van der Waals surface area (Å²) in [5, 5.41) is 9.52. The summed E-state index contributed by atoms with van der Waals surface area (Å²) < 4.78 is 5.75. The van der Waals surface area contributed by atoms with Crippen LogP contribution in [0.15, 0.2) is 0 Å². The van der Waals surface area contributed by atoms with Gasteiger partial charge in [0.05, 0.1) is 5.60 Å². The van der Waals surface area contributed by atoms with Crippen LogP contribution in [-0.2, 0) is 4.74 Å². The summed E-state index contributed by atoms with van der Waals surface area (Å²) in [7, 11) is 0. The minimum absolute atomic E-state index is 0.0503. The Bertz CT molecular complexity index is 175. The standard InChI is InChI=1S/C13H26O2/c1-12(2,3)15-10-9-13(11-14)7-5-4-6-8-13/h14H,4-11H2,1-3H3. The van der Waals surface area contributed by atoms with Crippen LogP contribution in [0.4, 0.5) is 0 Å². The Morgan fingerprint density at radius 1 is 1.13 bits per heavy atom. The molecule has 1 fully saturated rings. The molecule has 0 aromatic rings. The van der Waals surface area contributed by atoms with Crippen LogP contribution >= 0.6 is 0 Å². The fourth-order valence-electron chi connectivity index (χ4n) is 2.36. The molecule has 0 aromatic heterocycles. The molecular formula is C13H26O2. The van der Waals surface area contributed by atoms with Crippen LogP contribution in [-0.4, -0.2) is 23.9 Å². The highest BCUT2D eigenvalue weighted by molar-refractivity contribution is 4.82. The molecule has 0 amide bonds. The van der Waals surface area contributed by atoms with Crippen molar-refractivity contribution in [2.45, 2.75) is 64.9 Å². The van der Waals surface area contributed by atoms with Crippen LogP contribution in [0.2, 0.25) is 0 Å². The summed E-state index contributed by atoms with van der Waals surface area (Å²) in [5.74, 6) is 0. The van der Waals surface area contributed by atoms with Crippen molar-refractivity contribution in [1.82, 2.24) is 0 Å². The van der Waals surface area contributed by atoms with Crippen LogP contribution < -0.4 is 0 Å². The zero-order valence-electron chi connectivity index (χ0n) is 10.5. The molecule has 1 aliphatic carbocycles. The highest BCUT2D eigenvalue weighted by Gasteiger charge is 2.31. The summed E-state index contributed by atoms with van der Waals surface area (Å²) in [6.45, 7) is 7.36. The van der Waals surface area contributed by atoms with Gasteiger partial charge in [0.15, 0.2) is 0 Å². The highest BCUT2D eigenvalue weighted by atomic mass is 16.5. The van der Waals surface area contributed by atoms with E-state index in [4.69, 9.17) is 4.74 Å². The Morgan fingerprint density at radius 2 is 1.73 bits per heavy atom. The first-order valence-electron chi connectivity index (χ1n) is 6.22. The van der Waals surface area contributed by atoms with E-state index in [2.05, 4.69) is 20.8 Å².